The Bertz CT molecular complexity index is 1250. The summed E-state index contributed by atoms with van der Waals surface area (Å²) in [4.78, 5) is 22.0. The van der Waals surface area contributed by atoms with Crippen LogP contribution < -0.4 is 5.32 Å². The number of benzene rings is 2. The lowest BCUT2D eigenvalue weighted by Gasteiger charge is -2.13. The lowest BCUT2D eigenvalue weighted by Crippen LogP contribution is -2.22. The normalized spacial score (nSPS) is 12.4. The number of amides is 1. The first kappa shape index (κ1) is 20.1. The zero-order chi connectivity index (χ0) is 20.7. The van der Waals surface area contributed by atoms with Gasteiger partial charge in [-0.2, -0.15) is 0 Å². The topological polar surface area (TPSA) is 54.9 Å². The summed E-state index contributed by atoms with van der Waals surface area (Å²) >= 11 is 8.90. The first-order chi connectivity index (χ1) is 13.8. The molecule has 4 nitrogen and oxygen atoms in total. The summed E-state index contributed by atoms with van der Waals surface area (Å²) in [5, 5.41) is 5.86. The Morgan fingerprint density at radius 1 is 1.10 bits per heavy atom. The highest BCUT2D eigenvalue weighted by Gasteiger charge is 2.18. The summed E-state index contributed by atoms with van der Waals surface area (Å²) in [7, 11) is 0. The number of carbonyl (C=O) groups is 1. The van der Waals surface area contributed by atoms with Crippen LogP contribution in [0.25, 0.3) is 21.1 Å². The lowest BCUT2D eigenvalue weighted by atomic mass is 10.0. The van der Waals surface area contributed by atoms with Gasteiger partial charge in [0.05, 0.1) is 26.0 Å². The third-order valence-electron chi connectivity index (χ3n) is 4.68. The number of aromatic nitrogens is 2. The van der Waals surface area contributed by atoms with Crippen LogP contribution in [-0.4, -0.2) is 21.1 Å². The van der Waals surface area contributed by atoms with E-state index >= 15 is 0 Å². The fourth-order valence-electron chi connectivity index (χ4n) is 3.27. The quantitative estimate of drug-likeness (QED) is 0.365. The molecule has 1 atom stereocenters. The van der Waals surface area contributed by atoms with Crippen molar-refractivity contribution in [1.29, 1.82) is 0 Å². The van der Waals surface area contributed by atoms with Crippen LogP contribution in [0.1, 0.15) is 23.6 Å². The number of nitrogens with zero attached hydrogens (tertiary/aromatic N) is 2. The Morgan fingerprint density at radius 3 is 2.69 bits per heavy atom. The first-order valence-electron chi connectivity index (χ1n) is 9.22. The maximum absolute atomic E-state index is 12.7. The smallest absolute Gasteiger partial charge is 0.239 e. The van der Waals surface area contributed by atoms with E-state index in [4.69, 9.17) is 16.6 Å². The van der Waals surface area contributed by atoms with E-state index in [0.717, 1.165) is 31.7 Å². The number of hydrogen-bond donors (Lipinski definition) is 1. The average Bonchev–Trinajstić information content (AvgIpc) is 3.04. The average molecular weight is 442 g/mol. The van der Waals surface area contributed by atoms with Gasteiger partial charge in [-0.05, 0) is 69.2 Å². The molecule has 0 fully saturated rings. The molecule has 0 saturated carbocycles. The van der Waals surface area contributed by atoms with Gasteiger partial charge in [0.1, 0.15) is 0 Å². The van der Waals surface area contributed by atoms with Gasteiger partial charge < -0.3 is 5.32 Å². The zero-order valence-electron chi connectivity index (χ0n) is 16.5. The molecular formula is C22H20ClN3OS2. The zero-order valence-corrected chi connectivity index (χ0v) is 18.9. The molecule has 2 aromatic heterocycles. The maximum Gasteiger partial charge on any atom is 0.239 e. The number of pyridine rings is 1. The second kappa shape index (κ2) is 7.94. The molecule has 7 heteroatoms. The predicted molar refractivity (Wildman–Crippen MR) is 125 cm³/mol. The van der Waals surface area contributed by atoms with Gasteiger partial charge in [-0.15, -0.1) is 0 Å². The minimum atomic E-state index is -0.305. The number of halogens is 1. The second-order valence-corrected chi connectivity index (χ2v) is 9.96. The van der Waals surface area contributed by atoms with Crippen molar-refractivity contribution in [3.05, 3.63) is 58.1 Å². The van der Waals surface area contributed by atoms with Crippen LogP contribution in [-0.2, 0) is 4.79 Å². The Morgan fingerprint density at radius 2 is 1.90 bits per heavy atom. The fourth-order valence-corrected chi connectivity index (χ4v) is 5.33. The number of hydrogen-bond acceptors (Lipinski definition) is 5. The second-order valence-electron chi connectivity index (χ2n) is 7.14. The van der Waals surface area contributed by atoms with Crippen LogP contribution >= 0.6 is 34.7 Å². The molecule has 2 heterocycles. The summed E-state index contributed by atoms with van der Waals surface area (Å²) < 4.78 is 0.950. The summed E-state index contributed by atoms with van der Waals surface area (Å²) in [6, 6.07) is 11.9. The molecule has 0 saturated heterocycles. The van der Waals surface area contributed by atoms with E-state index in [9.17, 15) is 4.79 Å². The minimum Gasteiger partial charge on any atom is -0.301 e. The summed E-state index contributed by atoms with van der Waals surface area (Å²) in [5.74, 6) is -0.0969. The van der Waals surface area contributed by atoms with Crippen molar-refractivity contribution in [3.8, 4) is 0 Å². The number of rotatable bonds is 4. The van der Waals surface area contributed by atoms with E-state index in [1.807, 2.05) is 19.1 Å². The highest BCUT2D eigenvalue weighted by molar-refractivity contribution is 8.00. The molecule has 29 heavy (non-hydrogen) atoms. The molecule has 1 amide bonds. The number of nitrogens with one attached hydrogen (secondary N) is 1. The number of thiazole rings is 1. The van der Waals surface area contributed by atoms with Gasteiger partial charge in [-0.3, -0.25) is 4.79 Å². The number of aryl methyl sites for hydroxylation is 3. The number of anilines is 1. The van der Waals surface area contributed by atoms with E-state index in [-0.39, 0.29) is 11.2 Å². The lowest BCUT2D eigenvalue weighted by molar-refractivity contribution is -0.115. The Labute approximate surface area is 182 Å². The van der Waals surface area contributed by atoms with Crippen LogP contribution in [0.4, 0.5) is 5.13 Å². The summed E-state index contributed by atoms with van der Waals surface area (Å²) in [6.45, 7) is 8.14. The fraction of sp³-hybridized carbons (Fsp3) is 0.227. The standard InChI is InChI=1S/C22H20ClN3OS2/c1-11-7-13(3)20-16(8-11)12(2)9-19(25-20)28-14(4)21(27)26-22-24-17-6-5-15(23)10-18(17)29-22/h5-10,14H,1-4H3,(H,24,26,27). The van der Waals surface area contributed by atoms with E-state index in [1.165, 1.54) is 34.2 Å². The largest absolute Gasteiger partial charge is 0.301 e. The molecule has 4 aromatic rings. The highest BCUT2D eigenvalue weighted by Crippen LogP contribution is 2.31. The van der Waals surface area contributed by atoms with Gasteiger partial charge in [0.2, 0.25) is 5.91 Å². The van der Waals surface area contributed by atoms with Gasteiger partial charge in [0.25, 0.3) is 0 Å². The molecule has 0 spiro atoms. The van der Waals surface area contributed by atoms with Crippen LogP contribution in [0.3, 0.4) is 0 Å². The van der Waals surface area contributed by atoms with Crippen molar-refractivity contribution in [1.82, 2.24) is 9.97 Å². The Kier molecular flexibility index (Phi) is 5.51. The van der Waals surface area contributed by atoms with Gasteiger partial charge >= 0.3 is 0 Å². The molecule has 0 aliphatic carbocycles. The summed E-state index contributed by atoms with van der Waals surface area (Å²) in [5.41, 5.74) is 5.36. The van der Waals surface area contributed by atoms with Crippen molar-refractivity contribution in [2.24, 2.45) is 0 Å². The van der Waals surface area contributed by atoms with Crippen molar-refractivity contribution < 1.29 is 4.79 Å². The SMILES string of the molecule is Cc1cc(C)c2nc(SC(C)C(=O)Nc3nc4ccc(Cl)cc4s3)cc(C)c2c1. The van der Waals surface area contributed by atoms with E-state index in [1.54, 1.807) is 6.07 Å². The molecule has 0 aliphatic heterocycles. The van der Waals surface area contributed by atoms with E-state index < -0.39 is 0 Å². The van der Waals surface area contributed by atoms with Crippen molar-refractivity contribution in [3.63, 3.8) is 0 Å². The number of thioether (sulfide) groups is 1. The minimum absolute atomic E-state index is 0.0969. The van der Waals surface area contributed by atoms with Crippen molar-refractivity contribution in [2.75, 3.05) is 5.32 Å². The third kappa shape index (κ3) is 4.25. The molecule has 1 N–H and O–H groups in total. The molecule has 0 bridgehead atoms. The van der Waals surface area contributed by atoms with Gasteiger partial charge in [0.15, 0.2) is 5.13 Å². The van der Waals surface area contributed by atoms with Crippen LogP contribution in [0.15, 0.2) is 41.4 Å². The Balaban J connectivity index is 1.53. The maximum atomic E-state index is 12.7. The summed E-state index contributed by atoms with van der Waals surface area (Å²) in [6.07, 6.45) is 0. The van der Waals surface area contributed by atoms with E-state index in [2.05, 4.69) is 49.3 Å². The number of carbonyl (C=O) groups excluding carboxylic acids is 1. The molecule has 4 rings (SSSR count). The molecular weight excluding hydrogens is 422 g/mol. The number of fused-ring (bicyclic) bond motifs is 2. The third-order valence-corrected chi connectivity index (χ3v) is 6.87. The predicted octanol–water partition coefficient (Wildman–Crippen LogP) is 6.54. The highest BCUT2D eigenvalue weighted by atomic mass is 35.5. The van der Waals surface area contributed by atoms with E-state index in [0.29, 0.717) is 10.2 Å². The monoisotopic (exact) mass is 441 g/mol. The molecule has 0 aliphatic rings. The van der Waals surface area contributed by atoms with Crippen LogP contribution in [0, 0.1) is 20.8 Å². The molecule has 2 aromatic carbocycles. The Hall–Kier alpha value is -2.15. The van der Waals surface area contributed by atoms with Gasteiger partial charge in [-0.1, -0.05) is 46.3 Å². The molecule has 148 valence electrons. The van der Waals surface area contributed by atoms with Crippen molar-refractivity contribution >= 4 is 66.9 Å². The first-order valence-corrected chi connectivity index (χ1v) is 11.3. The van der Waals surface area contributed by atoms with Gasteiger partial charge in [-0.25, -0.2) is 9.97 Å². The molecule has 1 unspecified atom stereocenters. The van der Waals surface area contributed by atoms with Gasteiger partial charge in [0, 0.05) is 10.4 Å². The van der Waals surface area contributed by atoms with Crippen LogP contribution in [0.2, 0.25) is 5.02 Å². The molecule has 0 radical (unpaired) electrons. The van der Waals surface area contributed by atoms with Crippen molar-refractivity contribution in [2.45, 2.75) is 38.0 Å². The van der Waals surface area contributed by atoms with Crippen LogP contribution in [0.5, 0.6) is 0 Å².